The summed E-state index contributed by atoms with van der Waals surface area (Å²) in [7, 11) is 0. The molecule has 3 N–H and O–H groups in total. The number of anilines is 1. The molecule has 12 heteroatoms. The topological polar surface area (TPSA) is 126 Å². The molecule has 1 amide bonds. The number of nitrogens with zero attached hydrogens (tertiary/aromatic N) is 1. The number of carbonyl (C=O) groups is 3. The van der Waals surface area contributed by atoms with Gasteiger partial charge in [-0.2, -0.15) is 0 Å². The van der Waals surface area contributed by atoms with E-state index in [-0.39, 0.29) is 11.6 Å². The first-order valence-electron chi connectivity index (χ1n) is 5.96. The summed E-state index contributed by atoms with van der Waals surface area (Å²) in [4.78, 5) is 37.0. The van der Waals surface area contributed by atoms with E-state index in [0.717, 1.165) is 11.3 Å². The molecule has 23 heavy (non-hydrogen) atoms. The normalized spacial score (nSPS) is 12.5. The summed E-state index contributed by atoms with van der Waals surface area (Å²) in [5, 5.41) is 21.6. The highest BCUT2D eigenvalue weighted by Crippen LogP contribution is 2.26. The molecule has 128 valence electrons. The number of carbonyl (C=O) groups excluding carboxylic acids is 1. The van der Waals surface area contributed by atoms with Crippen molar-refractivity contribution in [2.24, 2.45) is 5.92 Å². The van der Waals surface area contributed by atoms with Gasteiger partial charge in [-0.3, -0.25) is 14.9 Å². The molecule has 0 aliphatic carbocycles. The number of carboxylic acids is 2. The van der Waals surface area contributed by atoms with E-state index in [2.05, 4.69) is 15.0 Å². The van der Waals surface area contributed by atoms with E-state index in [1.165, 1.54) is 5.38 Å². The zero-order valence-corrected chi connectivity index (χ0v) is 14.4. The molecule has 0 aliphatic heterocycles. The van der Waals surface area contributed by atoms with Crippen molar-refractivity contribution in [3.8, 4) is 0 Å². The smallest absolute Gasteiger partial charge is 0.413 e. The quantitative estimate of drug-likeness (QED) is 0.595. The van der Waals surface area contributed by atoms with Crippen LogP contribution in [0.25, 0.3) is 0 Å². The first kappa shape index (κ1) is 19.8. The lowest BCUT2D eigenvalue weighted by Gasteiger charge is -2.10. The van der Waals surface area contributed by atoms with Gasteiger partial charge in [-0.25, -0.2) is 9.78 Å². The van der Waals surface area contributed by atoms with Gasteiger partial charge in [-0.15, -0.1) is 11.3 Å². The maximum absolute atomic E-state index is 11.4. The van der Waals surface area contributed by atoms with Crippen LogP contribution in [0.4, 0.5) is 9.93 Å². The Morgan fingerprint density at radius 1 is 1.35 bits per heavy atom. The third kappa shape index (κ3) is 8.21. The number of halogens is 3. The number of aliphatic carboxylic acids is 2. The van der Waals surface area contributed by atoms with Crippen LogP contribution in [0, 0.1) is 5.92 Å². The molecular formula is C11H11Cl3N2O6S. The van der Waals surface area contributed by atoms with Gasteiger partial charge in [-0.1, -0.05) is 34.8 Å². The summed E-state index contributed by atoms with van der Waals surface area (Å²) in [6.07, 6.45) is -1.50. The van der Waals surface area contributed by atoms with Crippen molar-refractivity contribution < 1.29 is 29.3 Å². The number of carboxylic acid groups (broad SMARTS) is 2. The van der Waals surface area contributed by atoms with E-state index in [9.17, 15) is 14.4 Å². The first-order valence-corrected chi connectivity index (χ1v) is 7.97. The fraction of sp³-hybridized carbons (Fsp3) is 0.455. The molecule has 0 aliphatic rings. The highest BCUT2D eigenvalue weighted by molar-refractivity contribution is 7.13. The highest BCUT2D eigenvalue weighted by atomic mass is 35.6. The summed E-state index contributed by atoms with van der Waals surface area (Å²) in [6.45, 7) is -0.457. The van der Waals surface area contributed by atoms with Crippen LogP contribution in [-0.4, -0.2) is 43.6 Å². The van der Waals surface area contributed by atoms with Crippen molar-refractivity contribution in [3.63, 3.8) is 0 Å². The largest absolute Gasteiger partial charge is 0.481 e. The van der Waals surface area contributed by atoms with Crippen molar-refractivity contribution in [1.29, 1.82) is 0 Å². The van der Waals surface area contributed by atoms with Crippen molar-refractivity contribution in [2.45, 2.75) is 16.6 Å². The van der Waals surface area contributed by atoms with Crippen molar-refractivity contribution in [3.05, 3.63) is 11.1 Å². The van der Waals surface area contributed by atoms with E-state index >= 15 is 0 Å². The van der Waals surface area contributed by atoms with Gasteiger partial charge >= 0.3 is 18.0 Å². The highest BCUT2D eigenvalue weighted by Gasteiger charge is 2.24. The van der Waals surface area contributed by atoms with Gasteiger partial charge in [0.25, 0.3) is 0 Å². The molecule has 1 rings (SSSR count). The second kappa shape index (κ2) is 8.53. The second-order valence-electron chi connectivity index (χ2n) is 4.30. The van der Waals surface area contributed by atoms with Gasteiger partial charge in [0, 0.05) is 11.8 Å². The maximum Gasteiger partial charge on any atom is 0.413 e. The molecule has 1 heterocycles. The number of hydrogen-bond donors (Lipinski definition) is 3. The maximum atomic E-state index is 11.4. The molecule has 0 saturated heterocycles. The van der Waals surface area contributed by atoms with Crippen LogP contribution < -0.4 is 5.32 Å². The lowest BCUT2D eigenvalue weighted by Crippen LogP contribution is -2.21. The van der Waals surface area contributed by atoms with Crippen molar-refractivity contribution in [2.75, 3.05) is 11.9 Å². The average molecular weight is 406 g/mol. The molecule has 0 bridgehead atoms. The van der Waals surface area contributed by atoms with Crippen LogP contribution >= 0.6 is 46.1 Å². The van der Waals surface area contributed by atoms with E-state index in [0.29, 0.717) is 5.69 Å². The number of hydrogen-bond acceptors (Lipinski definition) is 6. The Morgan fingerprint density at radius 2 is 2.00 bits per heavy atom. The zero-order valence-electron chi connectivity index (χ0n) is 11.3. The number of ether oxygens (including phenoxy) is 1. The number of aromatic nitrogens is 1. The molecular weight excluding hydrogens is 395 g/mol. The van der Waals surface area contributed by atoms with Gasteiger partial charge in [0.15, 0.2) is 5.13 Å². The Hall–Kier alpha value is -1.29. The van der Waals surface area contributed by atoms with E-state index in [1.54, 1.807) is 0 Å². The minimum absolute atomic E-state index is 0.0803. The monoisotopic (exact) mass is 404 g/mol. The van der Waals surface area contributed by atoms with Crippen LogP contribution in [-0.2, 0) is 20.7 Å². The third-order valence-corrected chi connectivity index (χ3v) is 3.49. The lowest BCUT2D eigenvalue weighted by atomic mass is 10.0. The molecule has 8 nitrogen and oxygen atoms in total. The van der Waals surface area contributed by atoms with Crippen LogP contribution in [0.3, 0.4) is 0 Å². The molecule has 0 fully saturated rings. The lowest BCUT2D eigenvalue weighted by molar-refractivity contribution is -0.148. The number of alkyl halides is 3. The summed E-state index contributed by atoms with van der Waals surface area (Å²) >= 11 is 17.3. The molecule has 0 radical (unpaired) electrons. The number of amides is 1. The molecule has 0 spiro atoms. The second-order valence-corrected chi connectivity index (χ2v) is 7.67. The van der Waals surface area contributed by atoms with E-state index in [1.807, 2.05) is 0 Å². The molecule has 1 aromatic rings. The zero-order chi connectivity index (χ0) is 17.6. The van der Waals surface area contributed by atoms with Gasteiger partial charge in [0.2, 0.25) is 3.79 Å². The molecule has 0 saturated carbocycles. The fourth-order valence-corrected chi connectivity index (χ4v) is 2.31. The van der Waals surface area contributed by atoms with Gasteiger partial charge in [0.05, 0.1) is 18.0 Å². The summed E-state index contributed by atoms with van der Waals surface area (Å²) < 4.78 is 2.90. The van der Waals surface area contributed by atoms with Crippen LogP contribution in [0.15, 0.2) is 5.38 Å². The van der Waals surface area contributed by atoms with Gasteiger partial charge < -0.3 is 14.9 Å². The van der Waals surface area contributed by atoms with Gasteiger partial charge in [-0.05, 0) is 0 Å². The minimum Gasteiger partial charge on any atom is -0.481 e. The Morgan fingerprint density at radius 3 is 2.52 bits per heavy atom. The molecule has 1 unspecified atom stereocenters. The summed E-state index contributed by atoms with van der Waals surface area (Å²) in [6, 6.07) is 0. The Kier molecular flexibility index (Phi) is 7.33. The van der Waals surface area contributed by atoms with Crippen LogP contribution in [0.2, 0.25) is 0 Å². The SMILES string of the molecule is O=C(O)CC(Cc1csc(NC(=O)OCC(Cl)(Cl)Cl)n1)C(=O)O. The van der Waals surface area contributed by atoms with Crippen molar-refractivity contribution in [1.82, 2.24) is 4.98 Å². The molecule has 1 aromatic heterocycles. The standard InChI is InChI=1S/C11H11Cl3N2O6S/c12-11(13,14)4-22-10(21)16-9-15-6(3-23-9)1-5(8(19)20)2-7(17)18/h3,5H,1-2,4H2,(H,17,18)(H,19,20)(H,15,16,21). The Labute approximate surface area is 149 Å². The Bertz CT molecular complexity index is 589. The number of thiazole rings is 1. The first-order chi connectivity index (χ1) is 10.6. The Balaban J connectivity index is 2.58. The predicted octanol–water partition coefficient (Wildman–Crippen LogP) is 2.78. The van der Waals surface area contributed by atoms with E-state index < -0.39 is 40.8 Å². The molecule has 1 atom stereocenters. The van der Waals surface area contributed by atoms with Crippen molar-refractivity contribution >= 4 is 69.3 Å². The predicted molar refractivity (Wildman–Crippen MR) is 84.5 cm³/mol. The van der Waals surface area contributed by atoms with E-state index in [4.69, 9.17) is 45.0 Å². The molecule has 0 aromatic carbocycles. The van der Waals surface area contributed by atoms with Crippen LogP contribution in [0.1, 0.15) is 12.1 Å². The summed E-state index contributed by atoms with van der Waals surface area (Å²) in [5.41, 5.74) is 0.334. The average Bonchev–Trinajstić information content (AvgIpc) is 2.81. The van der Waals surface area contributed by atoms with Gasteiger partial charge in [0.1, 0.15) is 6.61 Å². The third-order valence-electron chi connectivity index (χ3n) is 2.35. The number of rotatable bonds is 7. The number of nitrogens with one attached hydrogen (secondary N) is 1. The summed E-state index contributed by atoms with van der Waals surface area (Å²) in [5.74, 6) is -3.57. The minimum atomic E-state index is -1.74. The fourth-order valence-electron chi connectivity index (χ4n) is 1.44. The van der Waals surface area contributed by atoms with Crippen LogP contribution in [0.5, 0.6) is 0 Å².